The maximum atomic E-state index is 6.55. The van der Waals surface area contributed by atoms with Crippen molar-refractivity contribution in [1.82, 2.24) is 0 Å². The Kier molecular flexibility index (Phi) is 6.56. The molecule has 0 N–H and O–H groups in total. The maximum absolute atomic E-state index is 6.55. The van der Waals surface area contributed by atoms with Crippen molar-refractivity contribution in [3.8, 4) is 22.3 Å². The van der Waals surface area contributed by atoms with E-state index in [4.69, 9.17) is 4.42 Å². The van der Waals surface area contributed by atoms with Gasteiger partial charge in [-0.25, -0.2) is 0 Å². The van der Waals surface area contributed by atoms with Gasteiger partial charge in [0, 0.05) is 31.1 Å². The van der Waals surface area contributed by atoms with Crippen molar-refractivity contribution in [3.05, 3.63) is 179 Å². The molecule has 1 nitrogen and oxygen atoms in total. The van der Waals surface area contributed by atoms with Gasteiger partial charge in [0.25, 0.3) is 0 Å². The second kappa shape index (κ2) is 11.5. The molecule has 2 aromatic heterocycles. The van der Waals surface area contributed by atoms with Crippen LogP contribution < -0.4 is 10.4 Å². The van der Waals surface area contributed by atoms with Crippen LogP contribution in [0.5, 0.6) is 0 Å². The molecule has 0 aliphatic rings. The van der Waals surface area contributed by atoms with Gasteiger partial charge in [-0.3, -0.25) is 0 Å². The zero-order valence-corrected chi connectivity index (χ0v) is 29.9. The first-order valence-electron chi connectivity index (χ1n) is 18.1. The summed E-state index contributed by atoms with van der Waals surface area (Å²) in [7, 11) is 0. The minimum Gasteiger partial charge on any atom is -0.461 e. The van der Waals surface area contributed by atoms with Gasteiger partial charge in [0.05, 0.1) is 0 Å². The van der Waals surface area contributed by atoms with Gasteiger partial charge < -0.3 is 4.42 Å². The number of hydrogen-bond acceptors (Lipinski definition) is 2. The lowest BCUT2D eigenvalue weighted by atomic mass is 9.85. The summed E-state index contributed by atoms with van der Waals surface area (Å²) in [6.07, 6.45) is 2.25. The first-order chi connectivity index (χ1) is 26.1. The number of aryl methyl sites for hydroxylation is 1. The van der Waals surface area contributed by atoms with E-state index in [1.165, 1.54) is 80.0 Å². The summed E-state index contributed by atoms with van der Waals surface area (Å²) < 4.78 is 9.19. The van der Waals surface area contributed by atoms with E-state index < -0.39 is 0 Å². The smallest absolute Gasteiger partial charge is 0.135 e. The summed E-state index contributed by atoms with van der Waals surface area (Å²) in [5, 5.41) is 15.8. The van der Waals surface area contributed by atoms with E-state index in [1.54, 1.807) is 0 Å². The van der Waals surface area contributed by atoms with Crippen molar-refractivity contribution in [2.24, 2.45) is 0 Å². The Morgan fingerprint density at radius 1 is 0.472 bits per heavy atom. The number of rotatable bonds is 3. The Bertz CT molecular complexity index is 3380. The summed E-state index contributed by atoms with van der Waals surface area (Å²) in [5.41, 5.74) is 6.86. The van der Waals surface area contributed by atoms with Gasteiger partial charge in [0.2, 0.25) is 0 Å². The third-order valence-corrected chi connectivity index (χ3v) is 12.2. The maximum Gasteiger partial charge on any atom is 0.135 e. The quantitative estimate of drug-likeness (QED) is 0.168. The number of thiophene rings is 1. The normalized spacial score (nSPS) is 12.4. The molecular weight excluding hydrogens is 661 g/mol. The van der Waals surface area contributed by atoms with Crippen LogP contribution in [0.3, 0.4) is 0 Å². The molecule has 11 aromatic rings. The summed E-state index contributed by atoms with van der Waals surface area (Å²) in [5.74, 6) is 0.902. The van der Waals surface area contributed by atoms with Crippen molar-refractivity contribution >= 4 is 98.2 Å². The van der Waals surface area contributed by atoms with Crippen molar-refractivity contribution in [2.45, 2.75) is 6.92 Å². The van der Waals surface area contributed by atoms with Gasteiger partial charge in [-0.15, -0.1) is 11.3 Å². The second-order valence-corrected chi connectivity index (χ2v) is 15.2. The molecule has 0 amide bonds. The van der Waals surface area contributed by atoms with Gasteiger partial charge in [-0.1, -0.05) is 128 Å². The van der Waals surface area contributed by atoms with Gasteiger partial charge >= 0.3 is 0 Å². The van der Waals surface area contributed by atoms with Crippen molar-refractivity contribution in [2.75, 3.05) is 0 Å². The Hall–Kier alpha value is -6.48. The molecule has 248 valence electrons. The molecule has 0 aliphatic heterocycles. The number of fused-ring (bicyclic) bond motifs is 8. The van der Waals surface area contributed by atoms with E-state index in [-0.39, 0.29) is 0 Å². The zero-order valence-electron chi connectivity index (χ0n) is 29.1. The largest absolute Gasteiger partial charge is 0.461 e. The lowest BCUT2D eigenvalue weighted by Gasteiger charge is -2.18. The Morgan fingerprint density at radius 3 is 1.74 bits per heavy atom. The highest BCUT2D eigenvalue weighted by molar-refractivity contribution is 7.25. The monoisotopic (exact) mass is 692 g/mol. The van der Waals surface area contributed by atoms with E-state index >= 15 is 0 Å². The van der Waals surface area contributed by atoms with Crippen LogP contribution in [-0.2, 0) is 0 Å². The fraction of sp³-hybridized carbons (Fsp3) is 0.0196. The van der Waals surface area contributed by atoms with Gasteiger partial charge in [-0.2, -0.15) is 0 Å². The van der Waals surface area contributed by atoms with Crippen LogP contribution in [0.25, 0.3) is 109 Å². The third-order valence-electron chi connectivity index (χ3n) is 11.1. The molecule has 0 aliphatic carbocycles. The number of furan rings is 1. The Labute approximate surface area is 310 Å². The molecule has 2 heterocycles. The SMILES string of the molecule is C=c1ccc2ccccc2/c1=C/c1c(C)oc2cc(-c3c4ccccc4c(-c4ccc5sc6cc7ccccc7cc6c5c4)c4ccccc34)ccc12. The standard InChI is InChI=1S/C51H32OS/c1-30-19-20-32-11-5-6-14-37(32)43(30)29-44-31(2)52-47-27-36(21-23-38(44)47)51-41-17-9-7-15-39(41)50(40-16-8-10-18-42(40)51)35-22-24-48-45(26-35)46-25-33-12-3-4-13-34(33)28-49(46)53-48/h3-29H,1H2,2H3/b43-29+. The summed E-state index contributed by atoms with van der Waals surface area (Å²) in [6.45, 7) is 6.44. The van der Waals surface area contributed by atoms with E-state index in [0.717, 1.165) is 38.3 Å². The average molecular weight is 693 g/mol. The molecular formula is C51H32OS. The fourth-order valence-corrected chi connectivity index (χ4v) is 9.71. The van der Waals surface area contributed by atoms with Gasteiger partial charge in [-0.05, 0) is 125 Å². The summed E-state index contributed by atoms with van der Waals surface area (Å²) in [4.78, 5) is 0. The van der Waals surface area contributed by atoms with Crippen LogP contribution >= 0.6 is 11.3 Å². The van der Waals surface area contributed by atoms with E-state index in [1.807, 2.05) is 11.3 Å². The molecule has 0 unspecified atom stereocenters. The summed E-state index contributed by atoms with van der Waals surface area (Å²) >= 11 is 1.88. The highest BCUT2D eigenvalue weighted by atomic mass is 32.1. The molecule has 11 rings (SSSR count). The molecule has 9 aromatic carbocycles. The molecule has 2 heteroatoms. The van der Waals surface area contributed by atoms with Crippen molar-refractivity contribution in [3.63, 3.8) is 0 Å². The van der Waals surface area contributed by atoms with Crippen LogP contribution in [0.15, 0.2) is 162 Å². The average Bonchev–Trinajstić information content (AvgIpc) is 3.71. The molecule has 0 atom stereocenters. The van der Waals surface area contributed by atoms with Crippen LogP contribution in [-0.4, -0.2) is 0 Å². The highest BCUT2D eigenvalue weighted by Gasteiger charge is 2.19. The highest BCUT2D eigenvalue weighted by Crippen LogP contribution is 2.46. The van der Waals surface area contributed by atoms with Crippen LogP contribution in [0.4, 0.5) is 0 Å². The first-order valence-corrected chi connectivity index (χ1v) is 18.9. The zero-order chi connectivity index (χ0) is 35.2. The van der Waals surface area contributed by atoms with Crippen molar-refractivity contribution < 1.29 is 4.42 Å². The van der Waals surface area contributed by atoms with Crippen LogP contribution in [0, 0.1) is 6.92 Å². The van der Waals surface area contributed by atoms with E-state index in [0.29, 0.717) is 0 Å². The number of hydrogen-bond donors (Lipinski definition) is 0. The van der Waals surface area contributed by atoms with E-state index in [9.17, 15) is 0 Å². The Morgan fingerprint density at radius 2 is 1.04 bits per heavy atom. The lowest BCUT2D eigenvalue weighted by Crippen LogP contribution is -2.23. The topological polar surface area (TPSA) is 13.1 Å². The minimum atomic E-state index is 0.886. The van der Waals surface area contributed by atoms with Crippen LogP contribution in [0.2, 0.25) is 0 Å². The van der Waals surface area contributed by atoms with Gasteiger partial charge in [0.15, 0.2) is 0 Å². The fourth-order valence-electron chi connectivity index (χ4n) is 8.60. The van der Waals surface area contributed by atoms with Crippen LogP contribution in [0.1, 0.15) is 11.3 Å². The molecule has 0 bridgehead atoms. The molecule has 0 fully saturated rings. The second-order valence-electron chi connectivity index (χ2n) is 14.1. The molecule has 0 saturated carbocycles. The van der Waals surface area contributed by atoms with Gasteiger partial charge in [0.1, 0.15) is 11.3 Å². The minimum absolute atomic E-state index is 0.886. The molecule has 0 radical (unpaired) electrons. The summed E-state index contributed by atoms with van der Waals surface area (Å²) in [6, 6.07) is 57.7. The third kappa shape index (κ3) is 4.63. The first kappa shape index (κ1) is 30.2. The van der Waals surface area contributed by atoms with Crippen molar-refractivity contribution in [1.29, 1.82) is 0 Å². The molecule has 53 heavy (non-hydrogen) atoms. The Balaban J connectivity index is 1.12. The lowest BCUT2D eigenvalue weighted by molar-refractivity contribution is 0.577. The predicted octanol–water partition coefficient (Wildman–Crippen LogP) is 13.3. The van der Waals surface area contributed by atoms with E-state index in [2.05, 4.69) is 177 Å². The molecule has 0 saturated heterocycles. The predicted molar refractivity (Wildman–Crippen MR) is 230 cm³/mol. The molecule has 0 spiro atoms. The number of benzene rings is 9.